The van der Waals surface area contributed by atoms with E-state index in [1.165, 1.54) is 45.8 Å². The van der Waals surface area contributed by atoms with Gasteiger partial charge in [-0.15, -0.1) is 29.3 Å². The summed E-state index contributed by atoms with van der Waals surface area (Å²) in [4.78, 5) is 9.45. The average molecular weight is 1140 g/mol. The number of fused-ring (bicyclic) bond motifs is 12. The number of ether oxygens (including phenoxy) is 1. The molecule has 1 aliphatic carbocycles. The van der Waals surface area contributed by atoms with E-state index < -0.39 is 115 Å². The standard InChI is InChI=1S/C65H53N5O.Pt/c1-63(2,3)42-31-34-67-57(35-42)70-53-30-16-15-27-51(53)58-54(70)37-56(59-60(58)65(6,7)33-32-64(59,4)5)71-44-22-17-21-43(36-44)68-40-69-61-45(41-19-9-8-10-20-41)28-18-29-50(61)48-25-13-11-23-46(48)47-24-12-14-26-49(47)52-38-66-39-55(68)62(52)69;/h8-31,34-35,38-39H,32-33H2,1-7H3;/q-2;/i4D3,5D3,6D3,7D3,8D,9D,10D,19D,20D,32D2,33D2;. The maximum Gasteiger partial charge on any atom is 0.268 e. The minimum Gasteiger partial charge on any atom is -0.509 e. The zero-order chi connectivity index (χ0) is 66.3. The summed E-state index contributed by atoms with van der Waals surface area (Å²) in [6, 6.07) is 38.0. The first-order chi connectivity index (χ1) is 43.0. The van der Waals surface area contributed by atoms with Crippen LogP contribution in [0.2, 0.25) is 0 Å². The van der Waals surface area contributed by atoms with E-state index >= 15 is 0 Å². The molecule has 5 heterocycles. The molecule has 2 aliphatic rings. The van der Waals surface area contributed by atoms with E-state index in [0.29, 0.717) is 39.0 Å². The van der Waals surface area contributed by atoms with Crippen molar-refractivity contribution < 1.29 is 59.2 Å². The zero-order valence-electron chi connectivity index (χ0n) is 59.7. The zero-order valence-corrected chi connectivity index (χ0v) is 41.0. The van der Waals surface area contributed by atoms with Crippen LogP contribution in [0.5, 0.6) is 11.5 Å². The molecular formula is C65H53N5OPt-2. The van der Waals surface area contributed by atoms with E-state index in [2.05, 4.69) is 18.5 Å². The third kappa shape index (κ3) is 7.12. The number of aromatic nitrogens is 5. The van der Waals surface area contributed by atoms with Crippen LogP contribution in [0, 0.1) is 18.5 Å². The van der Waals surface area contributed by atoms with Crippen molar-refractivity contribution in [2.24, 2.45) is 0 Å². The minimum absolute atomic E-state index is 0. The molecule has 72 heavy (non-hydrogen) atoms. The van der Waals surface area contributed by atoms with Crippen molar-refractivity contribution in [2.75, 3.05) is 0 Å². The topological polar surface area (TPSA) is 48.8 Å². The summed E-state index contributed by atoms with van der Waals surface area (Å²) in [5.41, 5.74) is -5.23. The molecule has 0 saturated heterocycles. The van der Waals surface area contributed by atoms with Crippen LogP contribution in [0.1, 0.15) is 106 Å². The van der Waals surface area contributed by atoms with E-state index in [-0.39, 0.29) is 60.1 Å². The van der Waals surface area contributed by atoms with E-state index in [1.807, 2.05) is 75.4 Å². The maximum absolute atomic E-state index is 9.87. The number of rotatable bonds is 5. The van der Waals surface area contributed by atoms with Gasteiger partial charge in [-0.1, -0.05) is 186 Å². The summed E-state index contributed by atoms with van der Waals surface area (Å²) < 4.78 is 207. The van der Waals surface area contributed by atoms with Crippen LogP contribution in [0.15, 0.2) is 170 Å². The second kappa shape index (κ2) is 16.9. The molecule has 6 nitrogen and oxygen atoms in total. The molecule has 0 saturated carbocycles. The van der Waals surface area contributed by atoms with Gasteiger partial charge in [0.15, 0.2) is 0 Å². The fourth-order valence-electron chi connectivity index (χ4n) is 10.2. The molecule has 356 valence electrons. The van der Waals surface area contributed by atoms with E-state index in [0.717, 1.165) is 16.7 Å². The molecular weight excluding hydrogens is 1060 g/mol. The molecule has 13 rings (SSSR count). The number of hydrogen-bond donors (Lipinski definition) is 0. The van der Waals surface area contributed by atoms with Gasteiger partial charge >= 0.3 is 0 Å². The number of nitrogens with zero attached hydrogens (tertiary/aromatic N) is 5. The van der Waals surface area contributed by atoms with Crippen molar-refractivity contribution in [2.45, 2.75) is 77.2 Å². The third-order valence-corrected chi connectivity index (χ3v) is 13.4. The first-order valence-electron chi connectivity index (χ1n) is 33.4. The molecule has 0 atom stereocenters. The number of para-hydroxylation sites is 2. The Morgan fingerprint density at radius 1 is 0.694 bits per heavy atom. The normalized spacial score (nSPS) is 20.7. The Bertz CT molecular complexity index is 4880. The van der Waals surface area contributed by atoms with Gasteiger partial charge in [0.1, 0.15) is 5.82 Å². The Kier molecular flexibility index (Phi) is 6.55. The summed E-state index contributed by atoms with van der Waals surface area (Å²) in [5.74, 6) is -1.25. The molecule has 0 radical (unpaired) electrons. The fraction of sp³-hybridized carbons (Fsp3) is 0.185. The molecule has 1 aliphatic heterocycles. The van der Waals surface area contributed by atoms with Crippen LogP contribution >= 0.6 is 0 Å². The van der Waals surface area contributed by atoms with Gasteiger partial charge in [-0.3, -0.25) is 9.55 Å². The summed E-state index contributed by atoms with van der Waals surface area (Å²) >= 11 is 0. The number of imidazole rings is 1. The van der Waals surface area contributed by atoms with Gasteiger partial charge < -0.3 is 13.9 Å². The Morgan fingerprint density at radius 2 is 1.35 bits per heavy atom. The van der Waals surface area contributed by atoms with Crippen LogP contribution in [0.25, 0.3) is 94.5 Å². The summed E-state index contributed by atoms with van der Waals surface area (Å²) in [7, 11) is 0. The third-order valence-electron chi connectivity index (χ3n) is 13.4. The van der Waals surface area contributed by atoms with Gasteiger partial charge in [0.25, 0.3) is 6.33 Å². The molecule has 11 aromatic rings. The average Bonchev–Trinajstić information content (AvgIpc) is 1.35. The smallest absolute Gasteiger partial charge is 0.268 e. The van der Waals surface area contributed by atoms with Gasteiger partial charge in [-0.2, -0.15) is 12.1 Å². The molecule has 0 spiro atoms. The SMILES string of the molecule is [2H]c1c([2H])c([2H])c(-c2cccc3c2-[n+]2[c-]n(-c4[c-]c(Oc5[c-]c6c(c7c5C(C([2H])([2H])[2H])(C([2H])([2H])[2H])C([2H])([2H])C([2H])([2H])C7(C([2H])([2H])[2H])C([2H])([2H])[2H])c5ccccc5n6-c5cc(C(C)(C)C)ccn5)ccc4)c4cncc(c42)-c2ccccc2-c2ccccc2-3)c([2H])c1[2H].[Pt]. The van der Waals surface area contributed by atoms with Crippen LogP contribution in [-0.4, -0.2) is 19.1 Å². The summed E-state index contributed by atoms with van der Waals surface area (Å²) in [6.07, 6.45) is -0.720. The van der Waals surface area contributed by atoms with Gasteiger partial charge in [0.05, 0.1) is 23.6 Å². The Labute approximate surface area is 465 Å². The van der Waals surface area contributed by atoms with Crippen molar-refractivity contribution in [3.63, 3.8) is 0 Å². The largest absolute Gasteiger partial charge is 0.509 e. The number of pyridine rings is 2. The van der Waals surface area contributed by atoms with Gasteiger partial charge in [-0.05, 0) is 91.0 Å². The number of hydrogen-bond acceptors (Lipinski definition) is 3. The molecule has 0 N–H and O–H groups in total. The Hall–Kier alpha value is -7.40. The predicted molar refractivity (Wildman–Crippen MR) is 287 cm³/mol. The first kappa shape index (κ1) is 28.0. The van der Waals surface area contributed by atoms with Crippen molar-refractivity contribution in [3.8, 4) is 73.2 Å². The molecule has 0 fully saturated rings. The summed E-state index contributed by atoms with van der Waals surface area (Å²) in [5, 5.41) is -0.479. The quantitative estimate of drug-likeness (QED) is 0.127. The van der Waals surface area contributed by atoms with Crippen LogP contribution in [-0.2, 0) is 37.3 Å². The minimum atomic E-state index is -4.46. The molecule has 7 aromatic carbocycles. The van der Waals surface area contributed by atoms with E-state index in [4.69, 9.17) is 18.8 Å². The second-order valence-electron chi connectivity index (χ2n) is 18.8. The van der Waals surface area contributed by atoms with Crippen molar-refractivity contribution in [3.05, 3.63) is 205 Å². The van der Waals surface area contributed by atoms with Crippen LogP contribution < -0.4 is 9.30 Å². The molecule has 4 aromatic heterocycles. The van der Waals surface area contributed by atoms with Gasteiger partial charge in [0.2, 0.25) is 0 Å². The Morgan fingerprint density at radius 3 is 2.08 bits per heavy atom. The molecule has 7 heteroatoms. The summed E-state index contributed by atoms with van der Waals surface area (Å²) in [6.45, 7) is -10.8. The van der Waals surface area contributed by atoms with Crippen LogP contribution in [0.4, 0.5) is 0 Å². The van der Waals surface area contributed by atoms with Gasteiger partial charge in [0, 0.05) is 84.2 Å². The predicted octanol–water partition coefficient (Wildman–Crippen LogP) is 15.6. The first-order valence-corrected chi connectivity index (χ1v) is 22.9. The Balaban J connectivity index is 0.00000832. The van der Waals surface area contributed by atoms with E-state index in [9.17, 15) is 24.7 Å². The fourth-order valence-corrected chi connectivity index (χ4v) is 10.2. The molecule has 0 unspecified atom stereocenters. The van der Waals surface area contributed by atoms with Crippen molar-refractivity contribution in [1.29, 1.82) is 0 Å². The molecule has 0 bridgehead atoms. The molecule has 0 amide bonds. The maximum atomic E-state index is 9.87. The monoisotopic (exact) mass is 1140 g/mol. The second-order valence-corrected chi connectivity index (χ2v) is 18.8. The van der Waals surface area contributed by atoms with Crippen molar-refractivity contribution >= 4 is 32.8 Å². The van der Waals surface area contributed by atoms with Crippen LogP contribution in [0.3, 0.4) is 0 Å². The van der Waals surface area contributed by atoms with Crippen molar-refractivity contribution in [1.82, 2.24) is 19.1 Å². The van der Waals surface area contributed by atoms with Gasteiger partial charge in [-0.25, -0.2) is 4.98 Å². The number of benzene rings is 7. The van der Waals surface area contributed by atoms with E-state index in [1.54, 1.807) is 53.2 Å².